The number of hydrogen-bond donors (Lipinski definition) is 0. The van der Waals surface area contributed by atoms with Gasteiger partial charge in [0, 0.05) is 24.7 Å². The maximum Gasteiger partial charge on any atom is 0.276 e. The molecule has 1 unspecified atom stereocenters. The number of carbonyl (C=O) groups is 1. The Bertz CT molecular complexity index is 202. The molecule has 0 bridgehead atoms. The molecule has 4 nitrogen and oxygen atoms in total. The summed E-state index contributed by atoms with van der Waals surface area (Å²) < 4.78 is 0. The fourth-order valence-corrected chi connectivity index (χ4v) is 1.36. The molecule has 11 heavy (non-hydrogen) atoms. The van der Waals surface area contributed by atoms with Crippen LogP contribution < -0.4 is 0 Å². The molecule has 1 rings (SSSR count). The number of nitrogens with zero attached hydrogens (tertiary/aromatic N) is 1. The molecule has 0 aromatic heterocycles. The van der Waals surface area contributed by atoms with Crippen LogP contribution in [0.4, 0.5) is 0 Å². The second-order valence-electron chi connectivity index (χ2n) is 3.16. The highest BCUT2D eigenvalue weighted by Gasteiger charge is 2.46. The van der Waals surface area contributed by atoms with Crippen molar-refractivity contribution in [3.63, 3.8) is 0 Å². The molecule has 0 aliphatic heterocycles. The van der Waals surface area contributed by atoms with Crippen LogP contribution in [0, 0.1) is 10.1 Å². The summed E-state index contributed by atoms with van der Waals surface area (Å²) in [5, 5.41) is 10.5. The molecular formula is C7H11NO3. The summed E-state index contributed by atoms with van der Waals surface area (Å²) in [5.74, 6) is -0.214. The Morgan fingerprint density at radius 3 is 2.55 bits per heavy atom. The molecular weight excluding hydrogens is 146 g/mol. The normalized spacial score (nSPS) is 31.9. The van der Waals surface area contributed by atoms with E-state index in [1.807, 2.05) is 0 Å². The van der Waals surface area contributed by atoms with Crippen molar-refractivity contribution >= 4 is 5.78 Å². The Morgan fingerprint density at radius 2 is 2.18 bits per heavy atom. The quantitative estimate of drug-likeness (QED) is 0.424. The number of carbonyl (C=O) groups excluding carboxylic acids is 1. The zero-order valence-electron chi connectivity index (χ0n) is 6.50. The van der Waals surface area contributed by atoms with Crippen LogP contribution in [0.15, 0.2) is 0 Å². The van der Waals surface area contributed by atoms with E-state index in [-0.39, 0.29) is 5.78 Å². The fraction of sp³-hybridized carbons (Fsp3) is 0.857. The van der Waals surface area contributed by atoms with Gasteiger partial charge in [0.25, 0.3) is 5.54 Å². The second kappa shape index (κ2) is 2.60. The topological polar surface area (TPSA) is 60.2 Å². The van der Waals surface area contributed by atoms with Gasteiger partial charge < -0.3 is 0 Å². The van der Waals surface area contributed by atoms with E-state index >= 15 is 0 Å². The average Bonchev–Trinajstić information content (AvgIpc) is 1.95. The van der Waals surface area contributed by atoms with Crippen molar-refractivity contribution in [1.82, 2.24) is 0 Å². The molecule has 4 heteroatoms. The molecule has 0 spiro atoms. The van der Waals surface area contributed by atoms with Gasteiger partial charge in [-0.05, 0) is 12.8 Å². The van der Waals surface area contributed by atoms with Gasteiger partial charge in [-0.15, -0.1) is 0 Å². The number of Topliss-reactive ketones (excluding diaryl/α,β-unsaturated/α-hetero) is 1. The Kier molecular flexibility index (Phi) is 1.93. The lowest BCUT2D eigenvalue weighted by molar-refractivity contribution is -0.549. The van der Waals surface area contributed by atoms with Gasteiger partial charge in [-0.25, -0.2) is 0 Å². The van der Waals surface area contributed by atoms with Crippen LogP contribution in [-0.4, -0.2) is 16.2 Å². The van der Waals surface area contributed by atoms with E-state index in [2.05, 4.69) is 0 Å². The van der Waals surface area contributed by atoms with Gasteiger partial charge >= 0.3 is 0 Å². The first-order valence-corrected chi connectivity index (χ1v) is 3.75. The Labute approximate surface area is 64.7 Å². The van der Waals surface area contributed by atoms with E-state index in [1.54, 1.807) is 0 Å². The third kappa shape index (κ3) is 1.25. The molecule has 0 aromatic rings. The van der Waals surface area contributed by atoms with E-state index in [9.17, 15) is 14.9 Å². The first kappa shape index (κ1) is 8.17. The first-order valence-electron chi connectivity index (χ1n) is 3.75. The van der Waals surface area contributed by atoms with E-state index in [4.69, 9.17) is 0 Å². The highest BCUT2D eigenvalue weighted by molar-refractivity contribution is 5.87. The number of hydrogen-bond acceptors (Lipinski definition) is 3. The molecule has 1 atom stereocenters. The van der Waals surface area contributed by atoms with Gasteiger partial charge in [0.1, 0.15) is 0 Å². The van der Waals surface area contributed by atoms with Gasteiger partial charge in [-0.3, -0.25) is 14.9 Å². The minimum Gasteiger partial charge on any atom is -0.292 e. The lowest BCUT2D eigenvalue weighted by atomic mass is 9.83. The minimum absolute atomic E-state index is 0.214. The summed E-state index contributed by atoms with van der Waals surface area (Å²) in [4.78, 5) is 21.1. The third-order valence-corrected chi connectivity index (χ3v) is 2.32. The zero-order valence-corrected chi connectivity index (χ0v) is 6.50. The maximum atomic E-state index is 11.1. The van der Waals surface area contributed by atoms with Crippen molar-refractivity contribution in [2.24, 2.45) is 0 Å². The monoisotopic (exact) mass is 157 g/mol. The Balaban J connectivity index is 2.81. The number of nitro groups is 1. The predicted molar refractivity (Wildman–Crippen MR) is 38.9 cm³/mol. The van der Waals surface area contributed by atoms with E-state index < -0.39 is 10.5 Å². The molecule has 1 aliphatic rings. The van der Waals surface area contributed by atoms with Crippen molar-refractivity contribution in [2.45, 2.75) is 38.1 Å². The van der Waals surface area contributed by atoms with Gasteiger partial charge in [-0.2, -0.15) is 0 Å². The van der Waals surface area contributed by atoms with Crippen LogP contribution in [-0.2, 0) is 4.79 Å². The van der Waals surface area contributed by atoms with E-state index in [1.165, 1.54) is 6.92 Å². The summed E-state index contributed by atoms with van der Waals surface area (Å²) in [7, 11) is 0. The van der Waals surface area contributed by atoms with Crippen LogP contribution in [0.2, 0.25) is 0 Å². The van der Waals surface area contributed by atoms with Gasteiger partial charge in [-0.1, -0.05) is 0 Å². The molecule has 1 aliphatic carbocycles. The molecule has 1 fully saturated rings. The van der Waals surface area contributed by atoms with Gasteiger partial charge in [0.2, 0.25) is 5.78 Å². The van der Waals surface area contributed by atoms with Crippen LogP contribution in [0.5, 0.6) is 0 Å². The molecule has 0 aromatic carbocycles. The summed E-state index contributed by atoms with van der Waals surface area (Å²) >= 11 is 0. The summed E-state index contributed by atoms with van der Waals surface area (Å²) in [5.41, 5.74) is -1.28. The van der Waals surface area contributed by atoms with Crippen molar-refractivity contribution < 1.29 is 9.72 Å². The summed E-state index contributed by atoms with van der Waals surface area (Å²) in [6.07, 6.45) is 2.38. The molecule has 0 N–H and O–H groups in total. The largest absolute Gasteiger partial charge is 0.292 e. The molecule has 0 heterocycles. The fourth-order valence-electron chi connectivity index (χ4n) is 1.36. The highest BCUT2D eigenvalue weighted by atomic mass is 16.6. The van der Waals surface area contributed by atoms with Crippen LogP contribution in [0.1, 0.15) is 32.6 Å². The Morgan fingerprint density at radius 1 is 1.55 bits per heavy atom. The minimum atomic E-state index is -1.28. The maximum absolute atomic E-state index is 11.1. The summed E-state index contributed by atoms with van der Waals surface area (Å²) in [6, 6.07) is 0. The molecule has 1 saturated carbocycles. The zero-order chi connectivity index (χ0) is 8.48. The summed E-state index contributed by atoms with van der Waals surface area (Å²) in [6.45, 7) is 1.43. The molecule has 0 saturated heterocycles. The standard InChI is InChI=1S/C7H11NO3/c1-7(8(10)11)5-3-2-4-6(7)9/h2-5H2,1H3. The van der Waals surface area contributed by atoms with Crippen LogP contribution >= 0.6 is 0 Å². The first-order chi connectivity index (χ1) is 5.07. The smallest absolute Gasteiger partial charge is 0.276 e. The van der Waals surface area contributed by atoms with E-state index in [0.29, 0.717) is 12.8 Å². The van der Waals surface area contributed by atoms with Crippen LogP contribution in [0.3, 0.4) is 0 Å². The van der Waals surface area contributed by atoms with Crippen molar-refractivity contribution in [3.05, 3.63) is 10.1 Å². The van der Waals surface area contributed by atoms with Crippen molar-refractivity contribution in [3.8, 4) is 0 Å². The molecule has 62 valence electrons. The van der Waals surface area contributed by atoms with Gasteiger partial charge in [0.15, 0.2) is 0 Å². The van der Waals surface area contributed by atoms with Crippen molar-refractivity contribution in [1.29, 1.82) is 0 Å². The lowest BCUT2D eigenvalue weighted by Gasteiger charge is -2.23. The van der Waals surface area contributed by atoms with Gasteiger partial charge in [0.05, 0.1) is 0 Å². The van der Waals surface area contributed by atoms with Crippen LogP contribution in [0.25, 0.3) is 0 Å². The highest BCUT2D eigenvalue weighted by Crippen LogP contribution is 2.26. The van der Waals surface area contributed by atoms with E-state index in [0.717, 1.165) is 12.8 Å². The number of ketones is 1. The lowest BCUT2D eigenvalue weighted by Crippen LogP contribution is -2.45. The second-order valence-corrected chi connectivity index (χ2v) is 3.16. The predicted octanol–water partition coefficient (Wildman–Crippen LogP) is 1.16. The SMILES string of the molecule is CC1([N+](=O)[O-])CCCCC1=O. The molecule has 0 radical (unpaired) electrons. The average molecular weight is 157 g/mol. The van der Waals surface area contributed by atoms with Crippen molar-refractivity contribution in [2.75, 3.05) is 0 Å². The third-order valence-electron chi connectivity index (χ3n) is 2.32. The molecule has 0 amide bonds. The Hall–Kier alpha value is -0.930. The number of rotatable bonds is 1.